The van der Waals surface area contributed by atoms with Gasteiger partial charge in [-0.1, -0.05) is 115 Å². The van der Waals surface area contributed by atoms with Gasteiger partial charge in [-0.25, -0.2) is 4.85 Å². The molecule has 2 aliphatic carbocycles. The Labute approximate surface area is 257 Å². The number of nitriles is 1. The molecule has 0 N–H and O–H groups in total. The smallest absolute Gasteiger partial charge is 0.187 e. The number of fused-ring (bicyclic) bond motifs is 5. The third-order valence-corrected chi connectivity index (χ3v) is 8.65. The van der Waals surface area contributed by atoms with Crippen molar-refractivity contribution in [3.05, 3.63) is 184 Å². The van der Waals surface area contributed by atoms with Gasteiger partial charge in [-0.05, 0) is 108 Å². The zero-order chi connectivity index (χ0) is 29.6. The van der Waals surface area contributed by atoms with Gasteiger partial charge < -0.3 is 0 Å². The largest absolute Gasteiger partial charge is 0.238 e. The first-order valence-electron chi connectivity index (χ1n) is 14.6. The predicted octanol–water partition coefficient (Wildman–Crippen LogP) is 10.9. The molecule has 2 nitrogen and oxygen atoms in total. The van der Waals surface area contributed by atoms with E-state index in [1.165, 1.54) is 33.4 Å². The Morgan fingerprint density at radius 2 is 0.955 bits per heavy atom. The molecular formula is C42H24N2. The molecule has 0 saturated carbocycles. The molecule has 0 heterocycles. The van der Waals surface area contributed by atoms with E-state index in [9.17, 15) is 5.26 Å². The van der Waals surface area contributed by atoms with Crippen molar-refractivity contribution in [2.75, 3.05) is 0 Å². The highest BCUT2D eigenvalue weighted by Gasteiger charge is 2.29. The van der Waals surface area contributed by atoms with Crippen LogP contribution in [0.15, 0.2) is 133 Å². The van der Waals surface area contributed by atoms with Gasteiger partial charge in [-0.2, -0.15) is 5.26 Å². The summed E-state index contributed by atoms with van der Waals surface area (Å²) in [7, 11) is 0. The van der Waals surface area contributed by atoms with Crippen molar-refractivity contribution in [1.82, 2.24) is 0 Å². The predicted molar refractivity (Wildman–Crippen MR) is 181 cm³/mol. The van der Waals surface area contributed by atoms with Crippen molar-refractivity contribution in [2.24, 2.45) is 0 Å². The average molecular weight is 557 g/mol. The maximum Gasteiger partial charge on any atom is 0.187 e. The molecule has 0 saturated heterocycles. The van der Waals surface area contributed by atoms with Crippen molar-refractivity contribution in [1.29, 1.82) is 5.26 Å². The molecule has 0 aliphatic heterocycles. The summed E-state index contributed by atoms with van der Waals surface area (Å²) in [6.45, 7) is 7.56. The molecule has 0 bridgehead atoms. The van der Waals surface area contributed by atoms with Crippen molar-refractivity contribution < 1.29 is 0 Å². The van der Waals surface area contributed by atoms with E-state index < -0.39 is 0 Å². The maximum atomic E-state index is 9.59. The summed E-state index contributed by atoms with van der Waals surface area (Å²) in [6.07, 6.45) is 4.42. The van der Waals surface area contributed by atoms with E-state index in [2.05, 4.69) is 120 Å². The second-order valence-electron chi connectivity index (χ2n) is 11.1. The fraction of sp³-hybridized carbons (Fsp3) is 0. The van der Waals surface area contributed by atoms with E-state index in [1.807, 2.05) is 36.4 Å². The van der Waals surface area contributed by atoms with Crippen LogP contribution in [0.2, 0.25) is 0 Å². The molecule has 44 heavy (non-hydrogen) atoms. The highest BCUT2D eigenvalue weighted by Crippen LogP contribution is 2.51. The highest BCUT2D eigenvalue weighted by molar-refractivity contribution is 6.16. The average Bonchev–Trinajstić information content (AvgIpc) is 3.33. The van der Waals surface area contributed by atoms with Crippen LogP contribution in [0, 0.1) is 17.9 Å². The van der Waals surface area contributed by atoms with Crippen LogP contribution in [0.4, 0.5) is 5.69 Å². The minimum Gasteiger partial charge on any atom is -0.238 e. The molecule has 6 aromatic carbocycles. The SMILES string of the molecule is [C-]#[N+]c1cccc(-c2ccc3c(c2)C(=C2c4ccccc4-c4ccccc42)c2cc(-c4cccc(C#N)c4)ccc2C=C3)c1. The van der Waals surface area contributed by atoms with E-state index >= 15 is 0 Å². The van der Waals surface area contributed by atoms with Crippen LogP contribution in [0.1, 0.15) is 38.9 Å². The summed E-state index contributed by atoms with van der Waals surface area (Å²) in [4.78, 5) is 3.68. The van der Waals surface area contributed by atoms with E-state index in [0.29, 0.717) is 11.3 Å². The maximum absolute atomic E-state index is 9.59. The van der Waals surface area contributed by atoms with Crippen LogP contribution in [-0.4, -0.2) is 0 Å². The van der Waals surface area contributed by atoms with Crippen molar-refractivity contribution in [2.45, 2.75) is 0 Å². The first-order chi connectivity index (χ1) is 21.7. The number of hydrogen-bond acceptors (Lipinski definition) is 1. The van der Waals surface area contributed by atoms with Crippen LogP contribution in [0.25, 0.3) is 61.5 Å². The molecule has 0 atom stereocenters. The molecule has 6 aromatic rings. The third-order valence-electron chi connectivity index (χ3n) is 8.65. The Morgan fingerprint density at radius 3 is 1.52 bits per heavy atom. The van der Waals surface area contributed by atoms with Gasteiger partial charge >= 0.3 is 0 Å². The lowest BCUT2D eigenvalue weighted by Gasteiger charge is -2.19. The Hall–Kier alpha value is -6.22. The van der Waals surface area contributed by atoms with E-state index in [0.717, 1.165) is 44.5 Å². The summed E-state index contributed by atoms with van der Waals surface area (Å²) >= 11 is 0. The number of nitrogens with zero attached hydrogens (tertiary/aromatic N) is 2. The Bertz CT molecular complexity index is 2140. The van der Waals surface area contributed by atoms with Crippen LogP contribution >= 0.6 is 0 Å². The van der Waals surface area contributed by atoms with E-state index in [4.69, 9.17) is 6.57 Å². The van der Waals surface area contributed by atoms with Gasteiger partial charge in [0.2, 0.25) is 0 Å². The quantitative estimate of drug-likeness (QED) is 0.195. The normalized spacial score (nSPS) is 12.3. The number of rotatable bonds is 2. The van der Waals surface area contributed by atoms with Crippen LogP contribution in [0.5, 0.6) is 0 Å². The molecule has 0 fully saturated rings. The lowest BCUT2D eigenvalue weighted by molar-refractivity contribution is 1.47. The lowest BCUT2D eigenvalue weighted by atomic mass is 9.83. The van der Waals surface area contributed by atoms with Gasteiger partial charge in [0.05, 0.1) is 18.2 Å². The molecule has 2 aliphatic rings. The number of hydrogen-bond donors (Lipinski definition) is 0. The monoisotopic (exact) mass is 556 g/mol. The molecule has 0 amide bonds. The molecule has 0 aromatic heterocycles. The van der Waals surface area contributed by atoms with E-state index in [1.54, 1.807) is 0 Å². The van der Waals surface area contributed by atoms with Gasteiger partial charge in [0.15, 0.2) is 5.69 Å². The molecular weight excluding hydrogens is 532 g/mol. The molecule has 0 radical (unpaired) electrons. The summed E-state index contributed by atoms with van der Waals surface area (Å²) in [5.74, 6) is 0. The fourth-order valence-corrected chi connectivity index (χ4v) is 6.60. The third kappa shape index (κ3) is 4.10. The molecule has 0 spiro atoms. The highest BCUT2D eigenvalue weighted by atomic mass is 14.6. The van der Waals surface area contributed by atoms with E-state index in [-0.39, 0.29) is 0 Å². The second kappa shape index (κ2) is 10.2. The van der Waals surface area contributed by atoms with Gasteiger partial charge in [0.1, 0.15) is 0 Å². The molecule has 2 heteroatoms. The molecule has 202 valence electrons. The summed E-state index contributed by atoms with van der Waals surface area (Å²) < 4.78 is 0. The standard InChI is InChI=1S/C42H24N2/c1-44-34-11-7-10-31(23-34)33-21-19-29-17-16-28-18-20-32(30-9-6-8-27(22-30)26-43)24-39(28)42(40(29)25-33)41-37-14-4-2-12-35(37)36-13-3-5-15-38(36)41/h2-25H. The van der Waals surface area contributed by atoms with Gasteiger partial charge in [0.25, 0.3) is 0 Å². The summed E-state index contributed by atoms with van der Waals surface area (Å²) in [5, 5.41) is 9.59. The van der Waals surface area contributed by atoms with Crippen LogP contribution in [0.3, 0.4) is 0 Å². The van der Waals surface area contributed by atoms with Crippen molar-refractivity contribution in [3.8, 4) is 39.4 Å². The minimum absolute atomic E-state index is 0.629. The fourth-order valence-electron chi connectivity index (χ4n) is 6.60. The minimum atomic E-state index is 0.629. The van der Waals surface area contributed by atoms with Crippen molar-refractivity contribution >= 4 is 29.0 Å². The zero-order valence-electron chi connectivity index (χ0n) is 23.8. The topological polar surface area (TPSA) is 28.1 Å². The van der Waals surface area contributed by atoms with Crippen LogP contribution < -0.4 is 0 Å². The first-order valence-corrected chi connectivity index (χ1v) is 14.6. The Kier molecular flexibility index (Phi) is 5.94. The molecule has 0 unspecified atom stereocenters. The summed E-state index contributed by atoms with van der Waals surface area (Å²) in [6, 6.07) is 48.6. The Morgan fingerprint density at radius 1 is 0.455 bits per heavy atom. The second-order valence-corrected chi connectivity index (χ2v) is 11.1. The van der Waals surface area contributed by atoms with Gasteiger partial charge in [-0.3, -0.25) is 0 Å². The summed E-state index contributed by atoms with van der Waals surface area (Å²) in [5.41, 5.74) is 17.4. The van der Waals surface area contributed by atoms with Crippen LogP contribution in [-0.2, 0) is 0 Å². The van der Waals surface area contributed by atoms with Crippen molar-refractivity contribution in [3.63, 3.8) is 0 Å². The zero-order valence-corrected chi connectivity index (χ0v) is 23.8. The lowest BCUT2D eigenvalue weighted by Crippen LogP contribution is -1.99. The van der Waals surface area contributed by atoms with Gasteiger partial charge in [-0.15, -0.1) is 0 Å². The first kappa shape index (κ1) is 25.5. The number of benzene rings is 6. The Balaban J connectivity index is 1.47. The molecule has 8 rings (SSSR count). The van der Waals surface area contributed by atoms with Gasteiger partial charge in [0, 0.05) is 0 Å².